The average Bonchev–Trinajstić information content (AvgIpc) is 3.12. The maximum atomic E-state index is 14.0. The van der Waals surface area contributed by atoms with Gasteiger partial charge in [0.2, 0.25) is 23.6 Å². The number of phenolic OH excluding ortho intramolecular Hbond substituents is 1. The van der Waals surface area contributed by atoms with Gasteiger partial charge in [0.1, 0.15) is 29.7 Å². The zero-order chi connectivity index (χ0) is 38.3. The summed E-state index contributed by atoms with van der Waals surface area (Å²) in [5.41, 5.74) is 29.9. The van der Waals surface area contributed by atoms with Crippen LogP contribution in [0.2, 0.25) is 0 Å². The minimum atomic E-state index is -1.12. The molecular weight excluding hydrogens is 680 g/mol. The van der Waals surface area contributed by atoms with Crippen molar-refractivity contribution in [3.8, 4) is 5.75 Å². The monoisotopic (exact) mass is 728 g/mol. The maximum absolute atomic E-state index is 14.0. The Morgan fingerprint density at radius 3 is 1.96 bits per heavy atom. The van der Waals surface area contributed by atoms with Gasteiger partial charge in [0.05, 0.1) is 12.6 Å². The highest BCUT2D eigenvalue weighted by molar-refractivity contribution is 5.97. The molecule has 282 valence electrons. The smallest absolute Gasteiger partial charge is 0.245 e. The van der Waals surface area contributed by atoms with Gasteiger partial charge in [-0.3, -0.25) is 34.2 Å². The second-order valence-electron chi connectivity index (χ2n) is 12.7. The predicted octanol–water partition coefficient (Wildman–Crippen LogP) is -1.25. The summed E-state index contributed by atoms with van der Waals surface area (Å²) in [6.45, 7) is -0.0545. The molecule has 0 aliphatic carbocycles. The van der Waals surface area contributed by atoms with Crippen molar-refractivity contribution in [3.05, 3.63) is 77.9 Å². The number of nitrogens with two attached hydrogens (primary N) is 5. The minimum absolute atomic E-state index is 0.0334. The van der Waals surface area contributed by atoms with Crippen LogP contribution in [0.1, 0.15) is 36.8 Å². The highest BCUT2D eigenvalue weighted by Gasteiger charge is 2.30. The number of phenols is 1. The normalized spacial score (nSPS) is 20.0. The summed E-state index contributed by atoms with van der Waals surface area (Å²) in [4.78, 5) is 67.3. The highest BCUT2D eigenvalue weighted by atomic mass is 16.3. The summed E-state index contributed by atoms with van der Waals surface area (Å²) < 4.78 is 0. The van der Waals surface area contributed by atoms with Crippen LogP contribution in [0.5, 0.6) is 5.75 Å². The highest BCUT2D eigenvalue weighted by Crippen LogP contribution is 2.18. The summed E-state index contributed by atoms with van der Waals surface area (Å²) >= 11 is 0. The number of benzene rings is 3. The minimum Gasteiger partial charge on any atom is -0.508 e. The largest absolute Gasteiger partial charge is 0.508 e. The first kappa shape index (κ1) is 39.4. The van der Waals surface area contributed by atoms with Crippen LogP contribution in [0.4, 0.5) is 0 Å². The third-order valence-corrected chi connectivity index (χ3v) is 8.49. The van der Waals surface area contributed by atoms with Crippen molar-refractivity contribution in [1.29, 1.82) is 0 Å². The molecule has 0 saturated carbocycles. The van der Waals surface area contributed by atoms with E-state index in [1.165, 1.54) is 12.1 Å². The summed E-state index contributed by atoms with van der Waals surface area (Å²) in [6, 6.07) is 15.4. The molecule has 0 fully saturated rings. The van der Waals surface area contributed by atoms with Crippen LogP contribution in [0, 0.1) is 0 Å². The van der Waals surface area contributed by atoms with Gasteiger partial charge in [0.15, 0.2) is 11.9 Å². The van der Waals surface area contributed by atoms with E-state index in [1.807, 2.05) is 42.5 Å². The Balaban J connectivity index is 1.71. The van der Waals surface area contributed by atoms with Crippen LogP contribution in [-0.2, 0) is 32.0 Å². The number of hydrogen-bond acceptors (Lipinski definition) is 9. The number of nitrogens with one attached hydrogen (secondary N) is 4. The fourth-order valence-corrected chi connectivity index (χ4v) is 5.78. The second-order valence-corrected chi connectivity index (χ2v) is 12.7. The predicted molar refractivity (Wildman–Crippen MR) is 203 cm³/mol. The van der Waals surface area contributed by atoms with E-state index in [-0.39, 0.29) is 62.3 Å². The molecule has 1 aliphatic heterocycles. The first-order valence-corrected chi connectivity index (χ1v) is 17.2. The molecule has 15 N–H and O–H groups in total. The Morgan fingerprint density at radius 1 is 0.698 bits per heavy atom. The van der Waals surface area contributed by atoms with Gasteiger partial charge in [-0.2, -0.15) is 0 Å². The lowest BCUT2D eigenvalue weighted by molar-refractivity contribution is -0.131. The number of amides is 4. The van der Waals surface area contributed by atoms with Gasteiger partial charge < -0.3 is 55.0 Å². The SMILES string of the molecule is NC(N)=NCCC[C@@H]1N=C(N)[C@H](CCCN=C(N)N)NC(=O)[C@H](Cc2ccc(O)cc2)NC(=O)CNC(=O)[C@H](Cc2ccc3ccccc3c2)NC1=O. The molecule has 17 nitrogen and oxygen atoms in total. The third kappa shape index (κ3) is 12.7. The molecule has 3 aromatic carbocycles. The maximum Gasteiger partial charge on any atom is 0.245 e. The Bertz CT molecular complexity index is 1840. The molecular formula is C36H48N12O5. The van der Waals surface area contributed by atoms with E-state index in [9.17, 15) is 24.3 Å². The van der Waals surface area contributed by atoms with E-state index in [1.54, 1.807) is 12.1 Å². The van der Waals surface area contributed by atoms with E-state index in [0.717, 1.165) is 16.3 Å². The van der Waals surface area contributed by atoms with Crippen molar-refractivity contribution in [2.75, 3.05) is 19.6 Å². The molecule has 1 aliphatic rings. The van der Waals surface area contributed by atoms with Gasteiger partial charge in [-0.25, -0.2) is 0 Å². The van der Waals surface area contributed by atoms with Crippen molar-refractivity contribution >= 4 is 52.2 Å². The van der Waals surface area contributed by atoms with E-state index >= 15 is 0 Å². The number of fused-ring (bicyclic) bond motifs is 1. The van der Waals surface area contributed by atoms with Crippen molar-refractivity contribution < 1.29 is 24.3 Å². The van der Waals surface area contributed by atoms with Crippen molar-refractivity contribution in [2.24, 2.45) is 43.6 Å². The van der Waals surface area contributed by atoms with Crippen LogP contribution in [0.3, 0.4) is 0 Å². The number of guanidine groups is 2. The number of rotatable bonds is 12. The fourth-order valence-electron chi connectivity index (χ4n) is 5.78. The number of aromatic hydroxyl groups is 1. The summed E-state index contributed by atoms with van der Waals surface area (Å²) in [6.07, 6.45) is 1.23. The number of hydrogen-bond donors (Lipinski definition) is 10. The molecule has 0 unspecified atom stereocenters. The third-order valence-electron chi connectivity index (χ3n) is 8.49. The lowest BCUT2D eigenvalue weighted by atomic mass is 10.0. The Morgan fingerprint density at radius 2 is 1.28 bits per heavy atom. The quantitative estimate of drug-likeness (QED) is 0.0600. The Hall–Kier alpha value is -6.39. The lowest BCUT2D eigenvalue weighted by Crippen LogP contribution is -2.55. The van der Waals surface area contributed by atoms with Gasteiger partial charge in [-0.15, -0.1) is 0 Å². The molecule has 53 heavy (non-hydrogen) atoms. The number of aliphatic imine (C=N–C) groups is 3. The average molecular weight is 729 g/mol. The summed E-state index contributed by atoms with van der Waals surface area (Å²) in [5.74, 6) is -2.71. The van der Waals surface area contributed by atoms with E-state index in [4.69, 9.17) is 28.7 Å². The van der Waals surface area contributed by atoms with Gasteiger partial charge in [0.25, 0.3) is 0 Å². The first-order chi connectivity index (χ1) is 25.4. The number of amidine groups is 1. The molecule has 4 amide bonds. The molecule has 17 heteroatoms. The van der Waals surface area contributed by atoms with Gasteiger partial charge >= 0.3 is 0 Å². The number of carbonyl (C=O) groups is 4. The molecule has 0 saturated heterocycles. The molecule has 0 bridgehead atoms. The van der Waals surface area contributed by atoms with Gasteiger partial charge in [-0.1, -0.05) is 54.6 Å². The molecule has 0 radical (unpaired) electrons. The Labute approximate surface area is 306 Å². The lowest BCUT2D eigenvalue weighted by Gasteiger charge is -2.24. The fraction of sp³-hybridized carbons (Fsp3) is 0.361. The molecule has 0 spiro atoms. The van der Waals surface area contributed by atoms with Crippen molar-refractivity contribution in [3.63, 3.8) is 0 Å². The number of nitrogens with zero attached hydrogens (tertiary/aromatic N) is 3. The zero-order valence-corrected chi connectivity index (χ0v) is 29.3. The standard InChI is InChI=1S/C36H48N12O5/c37-31-26(7-3-15-42-35(38)39)47-34(53)29(18-21-10-13-25(49)14-11-21)45-30(50)20-44-32(51)28(19-22-9-12-23-5-1-2-6-24(23)17-22)48-33(52)27(46-31)8-4-16-43-36(40)41/h1-2,5-6,9-14,17,26-29,49H,3-4,7-8,15-16,18-20H2,(H2,37,46)(H,44,51)(H,45,50)(H,47,53)(H,48,52)(H4,38,39,42)(H4,40,41,43)/t26-,27-,28-,29-/m0/s1. The van der Waals surface area contributed by atoms with Crippen LogP contribution in [0.15, 0.2) is 81.7 Å². The molecule has 4 rings (SSSR count). The van der Waals surface area contributed by atoms with Crippen LogP contribution >= 0.6 is 0 Å². The van der Waals surface area contributed by atoms with E-state index < -0.39 is 54.3 Å². The van der Waals surface area contributed by atoms with E-state index in [2.05, 4.69) is 36.2 Å². The summed E-state index contributed by atoms with van der Waals surface area (Å²) in [7, 11) is 0. The topological polar surface area (TPSA) is 304 Å². The molecule has 0 aromatic heterocycles. The van der Waals surface area contributed by atoms with Crippen molar-refractivity contribution in [1.82, 2.24) is 21.3 Å². The van der Waals surface area contributed by atoms with E-state index in [0.29, 0.717) is 18.4 Å². The summed E-state index contributed by atoms with van der Waals surface area (Å²) in [5, 5.41) is 22.7. The Kier molecular flexibility index (Phi) is 14.3. The number of carbonyl (C=O) groups excluding carboxylic acids is 4. The molecule has 1 heterocycles. The van der Waals surface area contributed by atoms with Gasteiger partial charge in [0, 0.05) is 25.9 Å². The van der Waals surface area contributed by atoms with Crippen LogP contribution in [-0.4, -0.2) is 90.3 Å². The van der Waals surface area contributed by atoms with Gasteiger partial charge in [-0.05, 0) is 59.7 Å². The van der Waals surface area contributed by atoms with Crippen LogP contribution < -0.4 is 49.9 Å². The van der Waals surface area contributed by atoms with Crippen LogP contribution in [0.25, 0.3) is 10.8 Å². The zero-order valence-electron chi connectivity index (χ0n) is 29.3. The van der Waals surface area contributed by atoms with Crippen molar-refractivity contribution in [2.45, 2.75) is 62.7 Å². The second kappa shape index (κ2) is 19.3. The molecule has 4 atom stereocenters. The first-order valence-electron chi connectivity index (χ1n) is 17.2. The molecule has 3 aromatic rings.